The molecule has 1 aliphatic rings. The van der Waals surface area contributed by atoms with Crippen molar-refractivity contribution >= 4 is 17.2 Å². The molecule has 1 amide bonds. The van der Waals surface area contributed by atoms with Crippen LogP contribution in [0.1, 0.15) is 54.4 Å². The summed E-state index contributed by atoms with van der Waals surface area (Å²) in [6, 6.07) is 7.62. The van der Waals surface area contributed by atoms with Gasteiger partial charge in [-0.1, -0.05) is 17.6 Å². The monoisotopic (exact) mass is 386 g/mol. The third kappa shape index (κ3) is 4.12. The fourth-order valence-corrected chi connectivity index (χ4v) is 3.90. The number of carbonyl (C=O) groups is 1. The summed E-state index contributed by atoms with van der Waals surface area (Å²) in [6.07, 6.45) is 3.73. The Balaban J connectivity index is 1.34. The zero-order valence-corrected chi connectivity index (χ0v) is 16.0. The van der Waals surface area contributed by atoms with Gasteiger partial charge in [-0.3, -0.25) is 9.69 Å². The maximum Gasteiger partial charge on any atom is 0.287 e. The van der Waals surface area contributed by atoms with Crippen molar-refractivity contribution in [2.75, 3.05) is 13.1 Å². The van der Waals surface area contributed by atoms with Gasteiger partial charge in [-0.25, -0.2) is 0 Å². The van der Waals surface area contributed by atoms with Gasteiger partial charge in [-0.2, -0.15) is 4.98 Å². The standard InChI is InChI=1S/C19H22N4O3S/c1-13(23-9-3-2-4-10-23)14-7-8-15(25-14)18(24)20-12-17-21-19(26-22-17)16-6-5-11-27-16/h5-8,11,13H,2-4,9-10,12H2,1H3,(H,20,24). The van der Waals surface area contributed by atoms with Gasteiger partial charge in [0.25, 0.3) is 11.8 Å². The summed E-state index contributed by atoms with van der Waals surface area (Å²) in [7, 11) is 0. The Kier molecular flexibility index (Phi) is 5.35. The molecule has 1 aliphatic heterocycles. The Labute approximate surface area is 161 Å². The third-order valence-corrected chi connectivity index (χ3v) is 5.67. The van der Waals surface area contributed by atoms with Gasteiger partial charge in [-0.15, -0.1) is 11.3 Å². The van der Waals surface area contributed by atoms with Crippen molar-refractivity contribution in [2.24, 2.45) is 0 Å². The molecule has 0 aromatic carbocycles. The quantitative estimate of drug-likeness (QED) is 0.692. The first kappa shape index (κ1) is 17.9. The van der Waals surface area contributed by atoms with E-state index in [-0.39, 0.29) is 18.5 Å². The van der Waals surface area contributed by atoms with Crippen molar-refractivity contribution in [3.05, 3.63) is 47.0 Å². The maximum absolute atomic E-state index is 12.4. The molecule has 1 atom stereocenters. The van der Waals surface area contributed by atoms with Crippen LogP contribution in [0.2, 0.25) is 0 Å². The topological polar surface area (TPSA) is 84.4 Å². The van der Waals surface area contributed by atoms with E-state index >= 15 is 0 Å². The van der Waals surface area contributed by atoms with Crippen molar-refractivity contribution in [3.8, 4) is 10.8 Å². The molecule has 0 aliphatic carbocycles. The van der Waals surface area contributed by atoms with Crippen molar-refractivity contribution < 1.29 is 13.7 Å². The van der Waals surface area contributed by atoms with Gasteiger partial charge in [0, 0.05) is 0 Å². The number of nitrogens with zero attached hydrogens (tertiary/aromatic N) is 3. The highest BCUT2D eigenvalue weighted by atomic mass is 32.1. The number of amides is 1. The molecular formula is C19H22N4O3S. The summed E-state index contributed by atoms with van der Waals surface area (Å²) in [5, 5.41) is 8.62. The van der Waals surface area contributed by atoms with E-state index in [2.05, 4.69) is 27.3 Å². The van der Waals surface area contributed by atoms with E-state index < -0.39 is 0 Å². The molecule has 27 heavy (non-hydrogen) atoms. The van der Waals surface area contributed by atoms with Gasteiger partial charge >= 0.3 is 0 Å². The fraction of sp³-hybridized carbons (Fsp3) is 0.421. The van der Waals surface area contributed by atoms with Crippen molar-refractivity contribution in [1.82, 2.24) is 20.4 Å². The highest BCUT2D eigenvalue weighted by Gasteiger charge is 2.22. The largest absolute Gasteiger partial charge is 0.454 e. The van der Waals surface area contributed by atoms with E-state index in [0.29, 0.717) is 17.5 Å². The van der Waals surface area contributed by atoms with Gasteiger partial charge in [0.15, 0.2) is 11.6 Å². The Morgan fingerprint density at radius 3 is 2.93 bits per heavy atom. The van der Waals surface area contributed by atoms with Crippen LogP contribution in [0, 0.1) is 0 Å². The molecule has 3 aromatic rings. The minimum atomic E-state index is -0.283. The van der Waals surface area contributed by atoms with E-state index in [9.17, 15) is 4.79 Å². The minimum absolute atomic E-state index is 0.178. The van der Waals surface area contributed by atoms with Crippen LogP contribution in [0.4, 0.5) is 0 Å². The number of thiophene rings is 1. The van der Waals surface area contributed by atoms with Crippen LogP contribution in [0.25, 0.3) is 10.8 Å². The molecule has 0 spiro atoms. The van der Waals surface area contributed by atoms with E-state index in [1.807, 2.05) is 23.6 Å². The van der Waals surface area contributed by atoms with Gasteiger partial charge in [0.05, 0.1) is 17.5 Å². The van der Waals surface area contributed by atoms with Crippen LogP contribution in [0.5, 0.6) is 0 Å². The molecule has 1 fully saturated rings. The first-order valence-electron chi connectivity index (χ1n) is 9.19. The average Bonchev–Trinajstić information content (AvgIpc) is 3.47. The van der Waals surface area contributed by atoms with E-state index in [1.165, 1.54) is 30.6 Å². The highest BCUT2D eigenvalue weighted by molar-refractivity contribution is 7.13. The molecular weight excluding hydrogens is 364 g/mol. The lowest BCUT2D eigenvalue weighted by atomic mass is 10.1. The third-order valence-electron chi connectivity index (χ3n) is 4.81. The van der Waals surface area contributed by atoms with Gasteiger partial charge in [0.2, 0.25) is 0 Å². The summed E-state index contributed by atoms with van der Waals surface area (Å²) in [5.41, 5.74) is 0. The van der Waals surface area contributed by atoms with Crippen LogP contribution < -0.4 is 5.32 Å². The van der Waals surface area contributed by atoms with Crippen LogP contribution in [0.15, 0.2) is 38.6 Å². The van der Waals surface area contributed by atoms with E-state index in [1.54, 1.807) is 6.07 Å². The van der Waals surface area contributed by atoms with Gasteiger partial charge in [-0.05, 0) is 56.4 Å². The second-order valence-corrected chi connectivity index (χ2v) is 7.60. The van der Waals surface area contributed by atoms with Crippen molar-refractivity contribution in [1.29, 1.82) is 0 Å². The Bertz CT molecular complexity index is 881. The predicted molar refractivity (Wildman–Crippen MR) is 101 cm³/mol. The number of hydrogen-bond acceptors (Lipinski definition) is 7. The number of nitrogens with one attached hydrogen (secondary N) is 1. The van der Waals surface area contributed by atoms with E-state index in [0.717, 1.165) is 23.7 Å². The lowest BCUT2D eigenvalue weighted by molar-refractivity contribution is 0.0912. The molecule has 0 bridgehead atoms. The Morgan fingerprint density at radius 1 is 1.30 bits per heavy atom. The minimum Gasteiger partial charge on any atom is -0.454 e. The number of hydrogen-bond donors (Lipinski definition) is 1. The molecule has 4 heterocycles. The summed E-state index contributed by atoms with van der Waals surface area (Å²) < 4.78 is 11.0. The number of rotatable bonds is 6. The summed E-state index contributed by atoms with van der Waals surface area (Å²) >= 11 is 1.53. The first-order chi connectivity index (χ1) is 13.2. The SMILES string of the molecule is CC(c1ccc(C(=O)NCc2noc(-c3cccs3)n2)o1)N1CCCCC1. The van der Waals surface area contributed by atoms with Crippen LogP contribution in [0.3, 0.4) is 0 Å². The molecule has 1 saturated heterocycles. The fourth-order valence-electron chi connectivity index (χ4n) is 3.26. The van der Waals surface area contributed by atoms with Crippen molar-refractivity contribution in [2.45, 2.75) is 38.8 Å². The maximum atomic E-state index is 12.4. The smallest absolute Gasteiger partial charge is 0.287 e. The number of carbonyl (C=O) groups excluding carboxylic acids is 1. The van der Waals surface area contributed by atoms with Crippen LogP contribution in [-0.4, -0.2) is 34.0 Å². The molecule has 7 nitrogen and oxygen atoms in total. The molecule has 0 saturated carbocycles. The van der Waals surface area contributed by atoms with Gasteiger partial charge in [0.1, 0.15) is 5.76 Å². The number of aromatic nitrogens is 2. The number of piperidine rings is 1. The normalized spacial score (nSPS) is 16.3. The molecule has 8 heteroatoms. The lowest BCUT2D eigenvalue weighted by Crippen LogP contribution is -2.32. The molecule has 1 N–H and O–H groups in total. The molecule has 142 valence electrons. The molecule has 3 aromatic heterocycles. The van der Waals surface area contributed by atoms with Crippen LogP contribution >= 0.6 is 11.3 Å². The van der Waals surface area contributed by atoms with Crippen molar-refractivity contribution in [3.63, 3.8) is 0 Å². The second kappa shape index (κ2) is 8.06. The molecule has 1 unspecified atom stereocenters. The predicted octanol–water partition coefficient (Wildman–Crippen LogP) is 3.87. The zero-order valence-electron chi connectivity index (χ0n) is 15.2. The molecule has 0 radical (unpaired) electrons. The van der Waals surface area contributed by atoms with Crippen LogP contribution in [-0.2, 0) is 6.54 Å². The lowest BCUT2D eigenvalue weighted by Gasteiger charge is -2.31. The zero-order chi connectivity index (χ0) is 18.6. The second-order valence-electron chi connectivity index (χ2n) is 6.65. The first-order valence-corrected chi connectivity index (χ1v) is 10.1. The van der Waals surface area contributed by atoms with Gasteiger partial charge < -0.3 is 14.3 Å². The summed E-state index contributed by atoms with van der Waals surface area (Å²) in [5.74, 6) is 1.73. The summed E-state index contributed by atoms with van der Waals surface area (Å²) in [6.45, 7) is 4.46. The number of likely N-dealkylation sites (tertiary alicyclic amines) is 1. The summed E-state index contributed by atoms with van der Waals surface area (Å²) in [4.78, 5) is 20.0. The number of furan rings is 1. The Hall–Kier alpha value is -2.45. The Morgan fingerprint density at radius 2 is 2.15 bits per heavy atom. The van der Waals surface area contributed by atoms with E-state index in [4.69, 9.17) is 8.94 Å². The average molecular weight is 386 g/mol. The molecule has 4 rings (SSSR count). The highest BCUT2D eigenvalue weighted by Crippen LogP contribution is 2.26.